The Labute approximate surface area is 357 Å². The van der Waals surface area contributed by atoms with E-state index in [4.69, 9.17) is 4.42 Å². The molecule has 1 aromatic heterocycles. The Morgan fingerprint density at radius 3 is 1.89 bits per heavy atom. The monoisotopic (exact) mass is 783 g/mol. The first kappa shape index (κ1) is 35.8. The third-order valence-corrected chi connectivity index (χ3v) is 13.7. The minimum atomic E-state index is -0.542. The third kappa shape index (κ3) is 5.55. The molecule has 1 fully saturated rings. The number of rotatable bonds is 7. The number of hydrogen-bond donors (Lipinski definition) is 0. The first-order valence-corrected chi connectivity index (χ1v) is 22.0. The largest absolute Gasteiger partial charge is 0.456 e. The molecule has 0 bridgehead atoms. The second kappa shape index (κ2) is 14.5. The zero-order valence-electron chi connectivity index (χ0n) is 34.1. The smallest absolute Gasteiger partial charge is 0.137 e. The van der Waals surface area contributed by atoms with Gasteiger partial charge >= 0.3 is 0 Å². The van der Waals surface area contributed by atoms with Gasteiger partial charge in [0, 0.05) is 16.6 Å². The highest BCUT2D eigenvalue weighted by atomic mass is 16.3. The zero-order valence-corrected chi connectivity index (χ0v) is 34.1. The van der Waals surface area contributed by atoms with Gasteiger partial charge in [-0.25, -0.2) is 0 Å². The van der Waals surface area contributed by atoms with E-state index >= 15 is 0 Å². The first-order chi connectivity index (χ1) is 30.3. The van der Waals surface area contributed by atoms with Crippen molar-refractivity contribution in [3.63, 3.8) is 0 Å². The van der Waals surface area contributed by atoms with Gasteiger partial charge in [-0.2, -0.15) is 0 Å². The van der Waals surface area contributed by atoms with Crippen molar-refractivity contribution in [3.8, 4) is 22.3 Å². The highest BCUT2D eigenvalue weighted by molar-refractivity contribution is 6.15. The minimum Gasteiger partial charge on any atom is -0.456 e. The Hall–Kier alpha value is -7.16. The van der Waals surface area contributed by atoms with E-state index in [0.29, 0.717) is 5.92 Å². The summed E-state index contributed by atoms with van der Waals surface area (Å²) >= 11 is 0. The first-order valence-electron chi connectivity index (χ1n) is 22.0. The molecule has 2 aliphatic rings. The highest BCUT2D eigenvalue weighted by Crippen LogP contribution is 2.60. The van der Waals surface area contributed by atoms with E-state index in [1.54, 1.807) is 0 Å². The molecule has 0 aliphatic heterocycles. The lowest BCUT2D eigenvalue weighted by atomic mass is 9.67. The Morgan fingerprint density at radius 1 is 0.459 bits per heavy atom. The maximum absolute atomic E-state index is 6.61. The van der Waals surface area contributed by atoms with Gasteiger partial charge in [0.05, 0.1) is 22.2 Å². The van der Waals surface area contributed by atoms with Gasteiger partial charge in [0.1, 0.15) is 11.2 Å². The summed E-state index contributed by atoms with van der Waals surface area (Å²) in [6.45, 7) is 0. The second-order valence-electron chi connectivity index (χ2n) is 16.9. The Balaban J connectivity index is 1.21. The number of hydrogen-bond acceptors (Lipinski definition) is 2. The highest BCUT2D eigenvalue weighted by Gasteiger charge is 2.47. The van der Waals surface area contributed by atoms with Crippen molar-refractivity contribution < 1.29 is 4.42 Å². The Bertz CT molecular complexity index is 3190. The molecule has 1 saturated carbocycles. The summed E-state index contributed by atoms with van der Waals surface area (Å²) < 4.78 is 6.61. The van der Waals surface area contributed by atoms with Gasteiger partial charge in [0.2, 0.25) is 0 Å². The average Bonchev–Trinajstić information content (AvgIpc) is 3.87. The summed E-state index contributed by atoms with van der Waals surface area (Å²) in [6, 6.07) is 76.4. The zero-order chi connectivity index (χ0) is 40.3. The lowest BCUT2D eigenvalue weighted by molar-refractivity contribution is 0.444. The van der Waals surface area contributed by atoms with Crippen molar-refractivity contribution in [1.82, 2.24) is 0 Å². The molecule has 12 rings (SSSR count). The van der Waals surface area contributed by atoms with E-state index < -0.39 is 5.41 Å². The van der Waals surface area contributed by atoms with Gasteiger partial charge in [-0.15, -0.1) is 0 Å². The second-order valence-corrected chi connectivity index (χ2v) is 16.9. The van der Waals surface area contributed by atoms with E-state index in [1.807, 2.05) is 0 Å². The van der Waals surface area contributed by atoms with Crippen LogP contribution in [0.4, 0.5) is 17.1 Å². The fourth-order valence-electron chi connectivity index (χ4n) is 11.2. The third-order valence-electron chi connectivity index (χ3n) is 13.7. The molecule has 0 atom stereocenters. The number of para-hydroxylation sites is 1. The van der Waals surface area contributed by atoms with E-state index in [-0.39, 0.29) is 0 Å². The number of anilines is 3. The molecule has 2 nitrogen and oxygen atoms in total. The van der Waals surface area contributed by atoms with E-state index in [9.17, 15) is 0 Å². The van der Waals surface area contributed by atoms with Crippen molar-refractivity contribution in [2.45, 2.75) is 43.4 Å². The summed E-state index contributed by atoms with van der Waals surface area (Å²) in [5.74, 6) is 0.549. The van der Waals surface area contributed by atoms with Crippen molar-refractivity contribution in [2.75, 3.05) is 4.90 Å². The molecule has 0 radical (unpaired) electrons. The lowest BCUT2D eigenvalue weighted by Gasteiger charge is -2.35. The lowest BCUT2D eigenvalue weighted by Crippen LogP contribution is -2.29. The van der Waals surface area contributed by atoms with Crippen LogP contribution in [0.25, 0.3) is 55.0 Å². The fourth-order valence-corrected chi connectivity index (χ4v) is 11.2. The molecule has 2 aliphatic carbocycles. The number of nitrogens with zero attached hydrogens (tertiary/aromatic N) is 1. The number of fused-ring (bicyclic) bond motifs is 7. The van der Waals surface area contributed by atoms with Crippen LogP contribution in [0.2, 0.25) is 0 Å². The molecule has 61 heavy (non-hydrogen) atoms. The molecule has 9 aromatic carbocycles. The summed E-state index contributed by atoms with van der Waals surface area (Å²) in [7, 11) is 0. The maximum Gasteiger partial charge on any atom is 0.137 e. The molecular weight excluding hydrogens is 739 g/mol. The number of benzene rings is 9. The molecule has 0 saturated heterocycles. The quantitative estimate of drug-likeness (QED) is 0.160. The predicted molar refractivity (Wildman–Crippen MR) is 254 cm³/mol. The van der Waals surface area contributed by atoms with E-state index in [0.717, 1.165) is 39.0 Å². The van der Waals surface area contributed by atoms with Crippen LogP contribution in [0.15, 0.2) is 211 Å². The SMILES string of the molecule is c1ccc(-c2c(N(c3ccc4c(c3)C(c3ccccc3)(c3ccccc3)c3cccc(C5CCCCC5)c3-4)c3cccc4oc5ccccc5c34)ccc3ccccc23)cc1. The van der Waals surface area contributed by atoms with Crippen molar-refractivity contribution in [3.05, 3.63) is 234 Å². The molecule has 292 valence electrons. The fraction of sp³-hybridized carbons (Fsp3) is 0.119. The molecule has 0 spiro atoms. The molecule has 0 N–H and O–H groups in total. The van der Waals surface area contributed by atoms with Crippen LogP contribution in [0.1, 0.15) is 65.8 Å². The van der Waals surface area contributed by atoms with Gasteiger partial charge in [-0.05, 0) is 110 Å². The number of furan rings is 1. The van der Waals surface area contributed by atoms with E-state index in [1.165, 1.54) is 92.9 Å². The Morgan fingerprint density at radius 2 is 1.11 bits per heavy atom. The van der Waals surface area contributed by atoms with Crippen LogP contribution in [0, 0.1) is 0 Å². The molecule has 0 unspecified atom stereocenters. The Kier molecular flexibility index (Phi) is 8.52. The normalized spacial score (nSPS) is 14.6. The van der Waals surface area contributed by atoms with Gasteiger partial charge in [-0.1, -0.05) is 189 Å². The predicted octanol–water partition coefficient (Wildman–Crippen LogP) is 16.3. The molecular formula is C59H45NO. The standard InChI is InChI=1S/C59H45NO/c1-5-19-40(20-6-1)47-30-17-31-50-57(47)48-37-36-45(39-51(48)59(50,43-24-9-3-10-25-43)44-26-11-4-12-27-44)60(52-32-18-34-55-58(52)49-29-15-16-33-54(49)61-55)53-38-35-41-21-13-14-28-46(41)56(53)42-22-7-2-8-23-42/h2-4,7-18,21-40H,1,5-6,19-20H2. The van der Waals surface area contributed by atoms with Crippen LogP contribution in [0.5, 0.6) is 0 Å². The summed E-state index contributed by atoms with van der Waals surface area (Å²) in [4.78, 5) is 2.52. The van der Waals surface area contributed by atoms with Gasteiger partial charge in [-0.3, -0.25) is 0 Å². The van der Waals surface area contributed by atoms with Crippen LogP contribution in [-0.4, -0.2) is 0 Å². The summed E-state index contributed by atoms with van der Waals surface area (Å²) in [6.07, 6.45) is 6.41. The summed E-state index contributed by atoms with van der Waals surface area (Å²) in [5, 5.41) is 4.64. The van der Waals surface area contributed by atoms with Crippen LogP contribution < -0.4 is 4.90 Å². The van der Waals surface area contributed by atoms with Crippen LogP contribution in [-0.2, 0) is 5.41 Å². The van der Waals surface area contributed by atoms with Crippen LogP contribution in [0.3, 0.4) is 0 Å². The van der Waals surface area contributed by atoms with Gasteiger partial charge in [0.15, 0.2) is 0 Å². The average molecular weight is 784 g/mol. The minimum absolute atomic E-state index is 0.542. The molecule has 0 amide bonds. The molecule has 2 heteroatoms. The molecule has 10 aromatic rings. The van der Waals surface area contributed by atoms with Crippen molar-refractivity contribution in [2.24, 2.45) is 0 Å². The van der Waals surface area contributed by atoms with Gasteiger partial charge in [0.25, 0.3) is 0 Å². The topological polar surface area (TPSA) is 16.4 Å². The maximum atomic E-state index is 6.61. The summed E-state index contributed by atoms with van der Waals surface area (Å²) in [5.41, 5.74) is 16.4. The molecule has 1 heterocycles. The van der Waals surface area contributed by atoms with Crippen molar-refractivity contribution in [1.29, 1.82) is 0 Å². The van der Waals surface area contributed by atoms with Crippen LogP contribution >= 0.6 is 0 Å². The van der Waals surface area contributed by atoms with Gasteiger partial charge < -0.3 is 9.32 Å². The van der Waals surface area contributed by atoms with E-state index in [2.05, 4.69) is 211 Å². The van der Waals surface area contributed by atoms with Crippen molar-refractivity contribution >= 4 is 49.8 Å².